The Labute approximate surface area is 235 Å². The number of ether oxygens (including phenoxy) is 2. The number of ketones is 1. The lowest BCUT2D eigenvalue weighted by atomic mass is 9.80. The van der Waals surface area contributed by atoms with Crippen LogP contribution in [-0.4, -0.2) is 25.2 Å². The maximum absolute atomic E-state index is 13.1. The molecule has 3 rings (SSSR count). The minimum absolute atomic E-state index is 0.0379. The van der Waals surface area contributed by atoms with E-state index in [2.05, 4.69) is 54.6 Å². The van der Waals surface area contributed by atoms with Crippen LogP contribution in [0.15, 0.2) is 48.5 Å². The molecule has 0 aliphatic rings. The van der Waals surface area contributed by atoms with E-state index in [-0.39, 0.29) is 11.4 Å². The van der Waals surface area contributed by atoms with E-state index in [1.165, 1.54) is 0 Å². The van der Waals surface area contributed by atoms with Crippen LogP contribution in [-0.2, 0) is 0 Å². The fraction of sp³-hybridized carbons (Fsp3) is 0.412. The van der Waals surface area contributed by atoms with E-state index >= 15 is 0 Å². The molecule has 3 aromatic rings. The van der Waals surface area contributed by atoms with Crippen LogP contribution in [0.25, 0.3) is 11.1 Å². The summed E-state index contributed by atoms with van der Waals surface area (Å²) in [5.41, 5.74) is 6.28. The standard InChI is InChI=1S/C34H43BO4/c1-10-14-33(6,7)31(36)25-12-11-13-26(19-25)32(37)38-29-21(2)15-27(16-22(29)3)28-17-23(4)30(24(5)18-28)39-34(8,9)20-35/h11-13,15-19H,10,14,20,35H2,1-9H3. The van der Waals surface area contributed by atoms with Crippen molar-refractivity contribution in [3.8, 4) is 22.6 Å². The van der Waals surface area contributed by atoms with Crippen LogP contribution in [0.4, 0.5) is 0 Å². The van der Waals surface area contributed by atoms with Gasteiger partial charge in [0.05, 0.1) is 11.2 Å². The van der Waals surface area contributed by atoms with E-state index in [1.807, 2.05) is 39.8 Å². The summed E-state index contributed by atoms with van der Waals surface area (Å²) >= 11 is 0. The second-order valence-electron chi connectivity index (χ2n) is 12.0. The van der Waals surface area contributed by atoms with Crippen molar-refractivity contribution in [2.75, 3.05) is 0 Å². The molecule has 0 aliphatic carbocycles. The van der Waals surface area contributed by atoms with Crippen LogP contribution in [0.2, 0.25) is 6.32 Å². The minimum atomic E-state index is -0.479. The van der Waals surface area contributed by atoms with Crippen LogP contribution in [0.5, 0.6) is 11.5 Å². The maximum Gasteiger partial charge on any atom is 0.343 e. The van der Waals surface area contributed by atoms with E-state index in [1.54, 1.807) is 24.3 Å². The zero-order valence-corrected chi connectivity index (χ0v) is 25.4. The first-order valence-electron chi connectivity index (χ1n) is 14.0. The van der Waals surface area contributed by atoms with Crippen LogP contribution in [0.3, 0.4) is 0 Å². The predicted molar refractivity (Wildman–Crippen MR) is 163 cm³/mol. The van der Waals surface area contributed by atoms with Crippen molar-refractivity contribution in [1.29, 1.82) is 0 Å². The third-order valence-corrected chi connectivity index (χ3v) is 7.53. The molecule has 0 heterocycles. The molecule has 0 N–H and O–H groups in total. The van der Waals surface area contributed by atoms with E-state index in [9.17, 15) is 9.59 Å². The lowest BCUT2D eigenvalue weighted by Gasteiger charge is -2.27. The molecule has 206 valence electrons. The highest BCUT2D eigenvalue weighted by Crippen LogP contribution is 2.36. The molecule has 0 aliphatic heterocycles. The maximum atomic E-state index is 13.1. The molecule has 4 nitrogen and oxygen atoms in total. The van der Waals surface area contributed by atoms with E-state index in [0.717, 1.165) is 58.3 Å². The number of hydrogen-bond acceptors (Lipinski definition) is 4. The first kappa shape index (κ1) is 30.2. The number of hydrogen-bond donors (Lipinski definition) is 0. The average Bonchev–Trinajstić information content (AvgIpc) is 2.87. The van der Waals surface area contributed by atoms with Crippen molar-refractivity contribution in [3.05, 3.63) is 81.9 Å². The van der Waals surface area contributed by atoms with Gasteiger partial charge in [-0.15, -0.1) is 0 Å². The van der Waals surface area contributed by atoms with Gasteiger partial charge in [-0.05, 0) is 124 Å². The first-order chi connectivity index (χ1) is 18.2. The van der Waals surface area contributed by atoms with Gasteiger partial charge in [0.15, 0.2) is 5.78 Å². The monoisotopic (exact) mass is 526 g/mol. The van der Waals surface area contributed by atoms with Crippen molar-refractivity contribution in [3.63, 3.8) is 0 Å². The Kier molecular flexibility index (Phi) is 9.15. The van der Waals surface area contributed by atoms with Gasteiger partial charge in [0.2, 0.25) is 0 Å². The van der Waals surface area contributed by atoms with Crippen molar-refractivity contribution in [1.82, 2.24) is 0 Å². The third-order valence-electron chi connectivity index (χ3n) is 7.53. The Morgan fingerprint density at radius 1 is 0.769 bits per heavy atom. The quantitative estimate of drug-likeness (QED) is 0.116. The van der Waals surface area contributed by atoms with Crippen molar-refractivity contribution in [2.24, 2.45) is 5.41 Å². The molecule has 0 unspecified atom stereocenters. The van der Waals surface area contributed by atoms with Crippen molar-refractivity contribution >= 4 is 19.6 Å². The van der Waals surface area contributed by atoms with Gasteiger partial charge in [-0.2, -0.15) is 0 Å². The zero-order chi connectivity index (χ0) is 29.1. The summed E-state index contributed by atoms with van der Waals surface area (Å²) in [6.45, 7) is 18.2. The molecule has 5 heteroatoms. The van der Waals surface area contributed by atoms with Crippen LogP contribution >= 0.6 is 0 Å². The topological polar surface area (TPSA) is 52.6 Å². The fourth-order valence-corrected chi connectivity index (χ4v) is 4.97. The SMILES string of the molecule is BCC(C)(C)Oc1c(C)cc(-c2cc(C)c(OC(=O)c3cccc(C(=O)C(C)(C)CCC)c3)c(C)c2)cc1C. The van der Waals surface area contributed by atoms with Gasteiger partial charge in [-0.3, -0.25) is 4.79 Å². The highest BCUT2D eigenvalue weighted by molar-refractivity contribution is 6.09. The number of carbonyl (C=O) groups is 2. The Balaban J connectivity index is 1.87. The summed E-state index contributed by atoms with van der Waals surface area (Å²) in [5.74, 6) is 1.05. The Bertz CT molecular complexity index is 1340. The lowest BCUT2D eigenvalue weighted by Crippen LogP contribution is -2.28. The summed E-state index contributed by atoms with van der Waals surface area (Å²) in [7, 11) is 2.13. The van der Waals surface area contributed by atoms with Gasteiger partial charge in [-0.25, -0.2) is 4.79 Å². The Morgan fingerprint density at radius 3 is 1.74 bits per heavy atom. The molecule has 0 fully saturated rings. The number of esters is 1. The molecule has 0 saturated carbocycles. The van der Waals surface area contributed by atoms with E-state index < -0.39 is 11.4 Å². The number of Topliss-reactive ketones (excluding diaryl/α,β-unsaturated/α-hetero) is 1. The van der Waals surface area contributed by atoms with Crippen LogP contribution < -0.4 is 9.47 Å². The van der Waals surface area contributed by atoms with Gasteiger partial charge in [0.25, 0.3) is 0 Å². The second kappa shape index (κ2) is 11.8. The second-order valence-corrected chi connectivity index (χ2v) is 12.0. The van der Waals surface area contributed by atoms with Crippen molar-refractivity contribution in [2.45, 2.75) is 87.1 Å². The molecule has 3 aromatic carbocycles. The molecule has 0 amide bonds. The van der Waals surface area contributed by atoms with Gasteiger partial charge >= 0.3 is 5.97 Å². The lowest BCUT2D eigenvalue weighted by molar-refractivity contribution is 0.0732. The number of rotatable bonds is 10. The van der Waals surface area contributed by atoms with Gasteiger partial charge in [0.1, 0.15) is 19.3 Å². The largest absolute Gasteiger partial charge is 0.488 e. The molecule has 0 radical (unpaired) electrons. The number of carbonyl (C=O) groups excluding carboxylic acids is 2. The minimum Gasteiger partial charge on any atom is -0.488 e. The number of aryl methyl sites for hydroxylation is 4. The first-order valence-corrected chi connectivity index (χ1v) is 14.0. The molecular weight excluding hydrogens is 483 g/mol. The van der Waals surface area contributed by atoms with Gasteiger partial charge < -0.3 is 9.47 Å². The summed E-state index contributed by atoms with van der Waals surface area (Å²) < 4.78 is 12.2. The molecule has 0 saturated heterocycles. The molecular formula is C34H43BO4. The summed E-state index contributed by atoms with van der Waals surface area (Å²) in [4.78, 5) is 26.2. The van der Waals surface area contributed by atoms with E-state index in [0.29, 0.717) is 16.9 Å². The highest BCUT2D eigenvalue weighted by Gasteiger charge is 2.28. The predicted octanol–water partition coefficient (Wildman–Crippen LogP) is 8.02. The summed E-state index contributed by atoms with van der Waals surface area (Å²) in [5, 5.41) is 0. The third kappa shape index (κ3) is 7.00. The average molecular weight is 527 g/mol. The van der Waals surface area contributed by atoms with Crippen molar-refractivity contribution < 1.29 is 19.1 Å². The highest BCUT2D eigenvalue weighted by atomic mass is 16.5. The molecule has 0 aromatic heterocycles. The van der Waals surface area contributed by atoms with E-state index in [4.69, 9.17) is 9.47 Å². The molecule has 0 spiro atoms. The molecule has 0 atom stereocenters. The molecule has 39 heavy (non-hydrogen) atoms. The summed E-state index contributed by atoms with van der Waals surface area (Å²) in [6.07, 6.45) is 2.63. The number of benzene rings is 3. The zero-order valence-electron chi connectivity index (χ0n) is 25.4. The van der Waals surface area contributed by atoms with Gasteiger partial charge in [-0.1, -0.05) is 39.3 Å². The Hall–Kier alpha value is -3.34. The smallest absolute Gasteiger partial charge is 0.343 e. The Morgan fingerprint density at radius 2 is 1.26 bits per heavy atom. The van der Waals surface area contributed by atoms with Crippen LogP contribution in [0, 0.1) is 33.1 Å². The normalized spacial score (nSPS) is 11.8. The summed E-state index contributed by atoms with van der Waals surface area (Å²) in [6, 6.07) is 15.3. The fourth-order valence-electron chi connectivity index (χ4n) is 4.97. The molecule has 0 bridgehead atoms. The van der Waals surface area contributed by atoms with Gasteiger partial charge in [0, 0.05) is 11.0 Å². The van der Waals surface area contributed by atoms with Crippen LogP contribution in [0.1, 0.15) is 90.4 Å².